The molecule has 0 bridgehead atoms. The molecular formula is C12H12CaO2. The molecule has 0 aromatic heterocycles. The first-order chi connectivity index (χ1) is 6.77. The molecule has 0 aliphatic heterocycles. The van der Waals surface area contributed by atoms with Gasteiger partial charge in [-0.15, -0.1) is 0 Å². The fraction of sp³-hybridized carbons (Fsp3) is 0.0833. The molecule has 0 heterocycles. The van der Waals surface area contributed by atoms with Crippen LogP contribution < -0.4 is 0 Å². The Hall–Kier alpha value is -0.570. The predicted octanol–water partition coefficient (Wildman–Crippen LogP) is 1.55. The van der Waals surface area contributed by atoms with Crippen molar-refractivity contribution in [2.24, 2.45) is 0 Å². The molecule has 0 aliphatic carbocycles. The van der Waals surface area contributed by atoms with Gasteiger partial charge in [-0.25, -0.2) is 0 Å². The fourth-order valence-electron chi connectivity index (χ4n) is 1.61. The molecule has 0 radical (unpaired) electrons. The molecule has 0 saturated heterocycles. The summed E-state index contributed by atoms with van der Waals surface area (Å²) < 4.78 is 0. The normalized spacial score (nSPS) is 9.60. The molecule has 15 heavy (non-hydrogen) atoms. The zero-order valence-corrected chi connectivity index (χ0v) is 7.60. The van der Waals surface area contributed by atoms with Crippen molar-refractivity contribution >= 4 is 54.5 Å². The summed E-state index contributed by atoms with van der Waals surface area (Å²) >= 11 is 0. The molecule has 0 aliphatic rings. The number of aliphatic carboxylic acids is 1. The molecule has 0 atom stereocenters. The quantitative estimate of drug-likeness (QED) is 0.792. The third-order valence-electron chi connectivity index (χ3n) is 2.22. The Morgan fingerprint density at radius 1 is 1.07 bits per heavy atom. The standard InChI is InChI=1S/C12H10O2.Ca.2H/c13-12(14)8-10-6-3-5-9-4-1-2-7-11(9)10;;;/h1-7H,8H2,(H,13,14);;;. The van der Waals surface area contributed by atoms with Gasteiger partial charge >= 0.3 is 43.7 Å². The van der Waals surface area contributed by atoms with Crippen molar-refractivity contribution in [2.75, 3.05) is 0 Å². The van der Waals surface area contributed by atoms with E-state index in [4.69, 9.17) is 5.11 Å². The van der Waals surface area contributed by atoms with Crippen LogP contribution in [-0.4, -0.2) is 48.8 Å². The van der Waals surface area contributed by atoms with Crippen molar-refractivity contribution in [3.05, 3.63) is 48.0 Å². The number of benzene rings is 2. The van der Waals surface area contributed by atoms with Crippen LogP contribution in [-0.2, 0) is 11.2 Å². The summed E-state index contributed by atoms with van der Waals surface area (Å²) in [5, 5.41) is 10.8. The molecule has 74 valence electrons. The van der Waals surface area contributed by atoms with Gasteiger partial charge in [0.2, 0.25) is 0 Å². The predicted molar refractivity (Wildman–Crippen MR) is 63.8 cm³/mol. The average molecular weight is 228 g/mol. The van der Waals surface area contributed by atoms with Crippen LogP contribution >= 0.6 is 0 Å². The summed E-state index contributed by atoms with van der Waals surface area (Å²) in [5.41, 5.74) is 0.871. The average Bonchev–Trinajstić information content (AvgIpc) is 2.18. The van der Waals surface area contributed by atoms with Crippen molar-refractivity contribution in [2.45, 2.75) is 6.42 Å². The zero-order valence-electron chi connectivity index (χ0n) is 7.60. The third-order valence-corrected chi connectivity index (χ3v) is 2.22. The first kappa shape index (κ1) is 12.5. The Kier molecular flexibility index (Phi) is 4.58. The Bertz CT molecular complexity index is 475. The number of fused-ring (bicyclic) bond motifs is 1. The molecule has 0 spiro atoms. The molecule has 0 unspecified atom stereocenters. The number of hydrogen-bond donors (Lipinski definition) is 1. The summed E-state index contributed by atoms with van der Waals surface area (Å²) in [7, 11) is 0. The SMILES string of the molecule is O=C(O)Cc1cccc2ccccc12.[CaH2]. The van der Waals surface area contributed by atoms with Gasteiger partial charge in [-0.05, 0) is 16.3 Å². The van der Waals surface area contributed by atoms with E-state index in [1.807, 2.05) is 42.5 Å². The molecule has 0 saturated carbocycles. The summed E-state index contributed by atoms with van der Waals surface area (Å²) in [6.45, 7) is 0. The fourth-order valence-corrected chi connectivity index (χ4v) is 1.61. The topological polar surface area (TPSA) is 37.3 Å². The van der Waals surface area contributed by atoms with E-state index in [9.17, 15) is 4.79 Å². The van der Waals surface area contributed by atoms with Crippen molar-refractivity contribution in [3.8, 4) is 0 Å². The van der Waals surface area contributed by atoms with Crippen LogP contribution in [0, 0.1) is 0 Å². The van der Waals surface area contributed by atoms with E-state index in [0.29, 0.717) is 0 Å². The van der Waals surface area contributed by atoms with Crippen LogP contribution in [0.4, 0.5) is 0 Å². The summed E-state index contributed by atoms with van der Waals surface area (Å²) in [6, 6.07) is 13.5. The van der Waals surface area contributed by atoms with Crippen LogP contribution in [0.25, 0.3) is 10.8 Å². The van der Waals surface area contributed by atoms with Gasteiger partial charge in [-0.3, -0.25) is 4.79 Å². The van der Waals surface area contributed by atoms with Gasteiger partial charge < -0.3 is 5.11 Å². The Morgan fingerprint density at radius 3 is 2.47 bits per heavy atom. The third kappa shape index (κ3) is 2.94. The maximum atomic E-state index is 10.6. The van der Waals surface area contributed by atoms with Crippen molar-refractivity contribution < 1.29 is 9.90 Å². The maximum absolute atomic E-state index is 10.6. The van der Waals surface area contributed by atoms with E-state index in [1.54, 1.807) is 0 Å². The second-order valence-electron chi connectivity index (χ2n) is 3.21. The molecule has 0 fully saturated rings. The number of rotatable bonds is 2. The van der Waals surface area contributed by atoms with Gasteiger partial charge in [0, 0.05) is 0 Å². The number of hydrogen-bond acceptors (Lipinski definition) is 1. The minimum absolute atomic E-state index is 0. The molecule has 2 aromatic rings. The van der Waals surface area contributed by atoms with Crippen LogP contribution in [0.15, 0.2) is 42.5 Å². The molecule has 2 nitrogen and oxygen atoms in total. The van der Waals surface area contributed by atoms with Crippen LogP contribution in [0.5, 0.6) is 0 Å². The Morgan fingerprint density at radius 2 is 1.73 bits per heavy atom. The number of carbonyl (C=O) groups is 1. The van der Waals surface area contributed by atoms with Crippen molar-refractivity contribution in [1.82, 2.24) is 0 Å². The van der Waals surface area contributed by atoms with Gasteiger partial charge in [0.25, 0.3) is 0 Å². The number of carboxylic acid groups (broad SMARTS) is 1. The van der Waals surface area contributed by atoms with E-state index < -0.39 is 5.97 Å². The number of carboxylic acids is 1. The van der Waals surface area contributed by atoms with Gasteiger partial charge in [-0.1, -0.05) is 42.5 Å². The molecule has 0 amide bonds. The van der Waals surface area contributed by atoms with E-state index in [-0.39, 0.29) is 44.2 Å². The second kappa shape index (κ2) is 5.50. The van der Waals surface area contributed by atoms with E-state index in [0.717, 1.165) is 16.3 Å². The van der Waals surface area contributed by atoms with Gasteiger partial charge in [0.1, 0.15) is 0 Å². The van der Waals surface area contributed by atoms with Crippen molar-refractivity contribution in [1.29, 1.82) is 0 Å². The monoisotopic (exact) mass is 228 g/mol. The molecule has 3 heteroatoms. The van der Waals surface area contributed by atoms with Gasteiger partial charge in [0.05, 0.1) is 6.42 Å². The first-order valence-electron chi connectivity index (χ1n) is 4.46. The zero-order chi connectivity index (χ0) is 9.97. The van der Waals surface area contributed by atoms with Gasteiger partial charge in [-0.2, -0.15) is 0 Å². The van der Waals surface area contributed by atoms with E-state index in [2.05, 4.69) is 0 Å². The van der Waals surface area contributed by atoms with Crippen LogP contribution in [0.2, 0.25) is 0 Å². The van der Waals surface area contributed by atoms with E-state index in [1.165, 1.54) is 0 Å². The molecule has 2 rings (SSSR count). The van der Waals surface area contributed by atoms with Gasteiger partial charge in [0.15, 0.2) is 0 Å². The first-order valence-corrected chi connectivity index (χ1v) is 4.46. The van der Waals surface area contributed by atoms with Crippen LogP contribution in [0.3, 0.4) is 0 Å². The summed E-state index contributed by atoms with van der Waals surface area (Å²) in [5.74, 6) is -0.790. The van der Waals surface area contributed by atoms with Crippen molar-refractivity contribution in [3.63, 3.8) is 0 Å². The molecule has 2 aromatic carbocycles. The van der Waals surface area contributed by atoms with Crippen LogP contribution in [0.1, 0.15) is 5.56 Å². The summed E-state index contributed by atoms with van der Waals surface area (Å²) in [4.78, 5) is 10.6. The second-order valence-corrected chi connectivity index (χ2v) is 3.21. The molecule has 1 N–H and O–H groups in total. The van der Waals surface area contributed by atoms with E-state index >= 15 is 0 Å². The Labute approximate surface area is 118 Å². The minimum atomic E-state index is -0.790. The summed E-state index contributed by atoms with van der Waals surface area (Å²) in [6.07, 6.45) is 0.0847. The molecular weight excluding hydrogens is 216 g/mol. The Balaban J connectivity index is 0.00000112.